The van der Waals surface area contributed by atoms with Crippen molar-refractivity contribution in [1.82, 2.24) is 0 Å². The van der Waals surface area contributed by atoms with E-state index in [1.165, 1.54) is 96.3 Å². The molecule has 0 saturated carbocycles. The van der Waals surface area contributed by atoms with Crippen LogP contribution >= 0.6 is 0 Å². The summed E-state index contributed by atoms with van der Waals surface area (Å²) in [5.41, 5.74) is -2.79. The van der Waals surface area contributed by atoms with E-state index in [0.29, 0.717) is 6.42 Å². The monoisotopic (exact) mass is 500 g/mol. The third-order valence-corrected chi connectivity index (χ3v) is 7.01. The highest BCUT2D eigenvalue weighted by Gasteiger charge is 2.49. The number of unbranched alkanes of at least 4 members (excludes halogenated alkanes) is 19. The van der Waals surface area contributed by atoms with Gasteiger partial charge in [0.25, 0.3) is 0 Å². The Bertz CT molecular complexity index is 564. The molecule has 0 aromatic carbocycles. The molecule has 0 fully saturated rings. The van der Waals surface area contributed by atoms with Crippen molar-refractivity contribution in [2.24, 2.45) is 5.92 Å². The number of aliphatic carboxylic acids is 3. The highest BCUT2D eigenvalue weighted by molar-refractivity contribution is 5.89. The third-order valence-electron chi connectivity index (χ3n) is 7.01. The second kappa shape index (κ2) is 21.6. The van der Waals surface area contributed by atoms with Gasteiger partial charge in [0.05, 0.1) is 12.3 Å². The van der Waals surface area contributed by atoms with Crippen molar-refractivity contribution >= 4 is 17.9 Å². The van der Waals surface area contributed by atoms with Crippen molar-refractivity contribution in [3.63, 3.8) is 0 Å². The number of hydrogen-bond donors (Lipinski definition) is 4. The quantitative estimate of drug-likeness (QED) is 0.0924. The minimum atomic E-state index is -2.79. The Morgan fingerprint density at radius 3 is 1.14 bits per heavy atom. The Labute approximate surface area is 212 Å². The summed E-state index contributed by atoms with van der Waals surface area (Å²) in [6, 6.07) is 0. The van der Waals surface area contributed by atoms with E-state index in [0.717, 1.165) is 25.7 Å². The standard InChI is InChI=1S/C28H52O7/c1-2-3-4-5-6-7-8-9-10-11-12-13-14-15-16-17-18-19-20-21-22-24(26(31)32)28(35,27(33)34)23-25(29)30/h24,35H,2-23H2,1H3,(H,29,30)(H,31,32)(H,33,34). The van der Waals surface area contributed by atoms with E-state index in [-0.39, 0.29) is 6.42 Å². The van der Waals surface area contributed by atoms with Crippen molar-refractivity contribution < 1.29 is 34.8 Å². The summed E-state index contributed by atoms with van der Waals surface area (Å²) < 4.78 is 0. The van der Waals surface area contributed by atoms with E-state index in [4.69, 9.17) is 5.11 Å². The first-order valence-electron chi connectivity index (χ1n) is 14.2. The summed E-state index contributed by atoms with van der Waals surface area (Å²) >= 11 is 0. The molecule has 0 saturated heterocycles. The molecule has 0 aliphatic carbocycles. The Morgan fingerprint density at radius 1 is 0.571 bits per heavy atom. The van der Waals surface area contributed by atoms with Crippen LogP contribution in [0.25, 0.3) is 0 Å². The largest absolute Gasteiger partial charge is 0.481 e. The average Bonchev–Trinajstić information content (AvgIpc) is 2.79. The Balaban J connectivity index is 3.64. The number of aliphatic hydroxyl groups is 1. The first-order valence-corrected chi connectivity index (χ1v) is 14.2. The summed E-state index contributed by atoms with van der Waals surface area (Å²) in [5, 5.41) is 37.5. The molecule has 0 aromatic rings. The van der Waals surface area contributed by atoms with Crippen LogP contribution in [0.2, 0.25) is 0 Å². The van der Waals surface area contributed by atoms with Gasteiger partial charge in [-0.15, -0.1) is 0 Å². The second-order valence-corrected chi connectivity index (χ2v) is 10.2. The fourth-order valence-corrected chi connectivity index (χ4v) is 4.75. The zero-order valence-corrected chi connectivity index (χ0v) is 22.1. The molecular formula is C28H52O7. The maximum Gasteiger partial charge on any atom is 0.337 e. The molecular weight excluding hydrogens is 448 g/mol. The van der Waals surface area contributed by atoms with Gasteiger partial charge in [-0.2, -0.15) is 0 Å². The van der Waals surface area contributed by atoms with E-state index in [9.17, 15) is 29.7 Å². The lowest BCUT2D eigenvalue weighted by Gasteiger charge is -2.28. The lowest BCUT2D eigenvalue weighted by molar-refractivity contribution is -0.179. The Morgan fingerprint density at radius 2 is 0.886 bits per heavy atom. The van der Waals surface area contributed by atoms with Crippen LogP contribution in [-0.2, 0) is 14.4 Å². The summed E-state index contributed by atoms with van der Waals surface area (Å²) in [4.78, 5) is 33.7. The second-order valence-electron chi connectivity index (χ2n) is 10.2. The van der Waals surface area contributed by atoms with Crippen LogP contribution in [0.1, 0.15) is 148 Å². The molecule has 0 aromatic heterocycles. The molecule has 7 heteroatoms. The Kier molecular flexibility index (Phi) is 20.6. The van der Waals surface area contributed by atoms with Crippen LogP contribution in [0.15, 0.2) is 0 Å². The maximum absolute atomic E-state index is 11.4. The van der Waals surface area contributed by atoms with E-state index >= 15 is 0 Å². The van der Waals surface area contributed by atoms with Crippen molar-refractivity contribution in [2.75, 3.05) is 0 Å². The molecule has 35 heavy (non-hydrogen) atoms. The van der Waals surface area contributed by atoms with Gasteiger partial charge in [-0.3, -0.25) is 9.59 Å². The van der Waals surface area contributed by atoms with Crippen molar-refractivity contribution in [3.8, 4) is 0 Å². The van der Waals surface area contributed by atoms with Gasteiger partial charge >= 0.3 is 17.9 Å². The first-order chi connectivity index (χ1) is 16.8. The van der Waals surface area contributed by atoms with Crippen LogP contribution in [-0.4, -0.2) is 43.9 Å². The highest BCUT2D eigenvalue weighted by atomic mass is 16.4. The molecule has 0 bridgehead atoms. The van der Waals surface area contributed by atoms with E-state index in [2.05, 4.69) is 6.92 Å². The molecule has 0 aliphatic heterocycles. The van der Waals surface area contributed by atoms with E-state index in [1.807, 2.05) is 0 Å². The molecule has 0 amide bonds. The number of carboxylic acid groups (broad SMARTS) is 3. The fourth-order valence-electron chi connectivity index (χ4n) is 4.75. The lowest BCUT2D eigenvalue weighted by atomic mass is 9.81. The topological polar surface area (TPSA) is 132 Å². The van der Waals surface area contributed by atoms with E-state index < -0.39 is 35.8 Å². The lowest BCUT2D eigenvalue weighted by Crippen LogP contribution is -2.50. The zero-order chi connectivity index (χ0) is 26.4. The molecule has 0 radical (unpaired) electrons. The van der Waals surface area contributed by atoms with E-state index in [1.54, 1.807) is 0 Å². The summed E-state index contributed by atoms with van der Waals surface area (Å²) in [5.74, 6) is -6.45. The average molecular weight is 501 g/mol. The molecule has 4 N–H and O–H groups in total. The van der Waals surface area contributed by atoms with Crippen molar-refractivity contribution in [1.29, 1.82) is 0 Å². The van der Waals surface area contributed by atoms with Gasteiger partial charge in [0.15, 0.2) is 5.60 Å². The van der Waals surface area contributed by atoms with Gasteiger partial charge in [-0.25, -0.2) is 4.79 Å². The van der Waals surface area contributed by atoms with Crippen molar-refractivity contribution in [3.05, 3.63) is 0 Å². The molecule has 7 nitrogen and oxygen atoms in total. The third kappa shape index (κ3) is 17.4. The minimum absolute atomic E-state index is 0.0512. The van der Waals surface area contributed by atoms with Gasteiger partial charge in [0.1, 0.15) is 0 Å². The van der Waals surface area contributed by atoms with Crippen LogP contribution in [0.5, 0.6) is 0 Å². The summed E-state index contributed by atoms with van der Waals surface area (Å²) in [6.07, 6.45) is 23.4. The van der Waals surface area contributed by atoms with Gasteiger partial charge < -0.3 is 20.4 Å². The molecule has 206 valence electrons. The smallest absolute Gasteiger partial charge is 0.337 e. The fraction of sp³-hybridized carbons (Fsp3) is 0.893. The van der Waals surface area contributed by atoms with Crippen LogP contribution in [0, 0.1) is 5.92 Å². The first kappa shape index (κ1) is 33.4. The number of carbonyl (C=O) groups is 3. The number of hydrogen-bond acceptors (Lipinski definition) is 4. The molecule has 2 unspecified atom stereocenters. The SMILES string of the molecule is CCCCCCCCCCCCCCCCCCCCCCC(C(=O)O)C(O)(CC(=O)O)C(=O)O. The predicted molar refractivity (Wildman–Crippen MR) is 139 cm³/mol. The summed E-state index contributed by atoms with van der Waals surface area (Å²) in [6.45, 7) is 2.26. The minimum Gasteiger partial charge on any atom is -0.481 e. The van der Waals surface area contributed by atoms with Gasteiger partial charge in [0.2, 0.25) is 0 Å². The van der Waals surface area contributed by atoms with Gasteiger partial charge in [-0.1, -0.05) is 135 Å². The zero-order valence-electron chi connectivity index (χ0n) is 22.1. The summed E-state index contributed by atoms with van der Waals surface area (Å²) in [7, 11) is 0. The highest BCUT2D eigenvalue weighted by Crippen LogP contribution is 2.28. The predicted octanol–water partition coefficient (Wildman–Crippen LogP) is 7.19. The maximum atomic E-state index is 11.4. The number of carboxylic acids is 3. The Hall–Kier alpha value is -1.63. The molecule has 0 rings (SSSR count). The van der Waals surface area contributed by atoms with Crippen molar-refractivity contribution in [2.45, 2.75) is 154 Å². The molecule has 0 spiro atoms. The van der Waals surface area contributed by atoms with Crippen LogP contribution in [0.3, 0.4) is 0 Å². The molecule has 2 atom stereocenters. The molecule has 0 heterocycles. The van der Waals surface area contributed by atoms with Gasteiger partial charge in [-0.05, 0) is 6.42 Å². The van der Waals surface area contributed by atoms with Crippen LogP contribution in [0.4, 0.5) is 0 Å². The van der Waals surface area contributed by atoms with Gasteiger partial charge in [0, 0.05) is 0 Å². The normalized spacial score (nSPS) is 13.9. The van der Waals surface area contributed by atoms with Crippen LogP contribution < -0.4 is 0 Å². The number of rotatable bonds is 26. The molecule has 0 aliphatic rings.